The number of hydrogen-bond acceptors (Lipinski definition) is 3. The molecule has 0 spiro atoms. The summed E-state index contributed by atoms with van der Waals surface area (Å²) >= 11 is 0. The normalized spacial score (nSPS) is 30.7. The number of hydrogen-bond donors (Lipinski definition) is 2. The van der Waals surface area contributed by atoms with Gasteiger partial charge in [0.25, 0.3) is 0 Å². The Hall–Kier alpha value is -0.770. The van der Waals surface area contributed by atoms with E-state index in [0.717, 1.165) is 25.8 Å². The summed E-state index contributed by atoms with van der Waals surface area (Å²) in [7, 11) is 0. The largest absolute Gasteiger partial charge is 0.444 e. The second kappa shape index (κ2) is 4.41. The van der Waals surface area contributed by atoms with Crippen LogP contribution in [0.3, 0.4) is 0 Å². The molecule has 4 nitrogen and oxygen atoms in total. The van der Waals surface area contributed by atoms with E-state index in [2.05, 4.69) is 17.6 Å². The quantitative estimate of drug-likeness (QED) is 0.796. The smallest absolute Gasteiger partial charge is 0.408 e. The minimum absolute atomic E-state index is 0.0299. The van der Waals surface area contributed by atoms with Crippen molar-refractivity contribution in [2.24, 2.45) is 0 Å². The second-order valence-corrected chi connectivity index (χ2v) is 6.92. The standard InChI is InChI=1S/C14H26N2O2/c1-12(2,3)18-11(17)16-14(8-9-14)13(4)7-5-6-10-15-13/h15H,5-10H2,1-4H3,(H,16,17). The van der Waals surface area contributed by atoms with Gasteiger partial charge in [-0.05, 0) is 59.9 Å². The van der Waals surface area contributed by atoms with Gasteiger partial charge in [0.15, 0.2) is 0 Å². The van der Waals surface area contributed by atoms with E-state index in [4.69, 9.17) is 4.74 Å². The summed E-state index contributed by atoms with van der Waals surface area (Å²) in [5.74, 6) is 0. The highest BCUT2D eigenvalue weighted by Gasteiger charge is 2.58. The summed E-state index contributed by atoms with van der Waals surface area (Å²) in [5, 5.41) is 6.71. The van der Waals surface area contributed by atoms with Crippen molar-refractivity contribution in [1.82, 2.24) is 10.6 Å². The predicted molar refractivity (Wildman–Crippen MR) is 71.6 cm³/mol. The summed E-state index contributed by atoms with van der Waals surface area (Å²) < 4.78 is 5.37. The van der Waals surface area contributed by atoms with Gasteiger partial charge in [0.05, 0.1) is 5.54 Å². The van der Waals surface area contributed by atoms with Crippen molar-refractivity contribution in [1.29, 1.82) is 0 Å². The van der Waals surface area contributed by atoms with Crippen LogP contribution in [0.5, 0.6) is 0 Å². The fraction of sp³-hybridized carbons (Fsp3) is 0.929. The third-order valence-electron chi connectivity index (χ3n) is 4.17. The Bertz CT molecular complexity index is 323. The maximum absolute atomic E-state index is 11.9. The summed E-state index contributed by atoms with van der Waals surface area (Å²) in [4.78, 5) is 11.9. The van der Waals surface area contributed by atoms with Crippen LogP contribution in [-0.4, -0.2) is 29.3 Å². The highest BCUT2D eigenvalue weighted by atomic mass is 16.6. The van der Waals surface area contributed by atoms with Crippen LogP contribution < -0.4 is 10.6 Å². The molecule has 0 bridgehead atoms. The van der Waals surface area contributed by atoms with Crippen LogP contribution in [-0.2, 0) is 4.74 Å². The number of alkyl carbamates (subject to hydrolysis) is 1. The molecule has 0 aromatic carbocycles. The zero-order valence-electron chi connectivity index (χ0n) is 12.1. The molecule has 1 saturated heterocycles. The molecule has 1 amide bonds. The highest BCUT2D eigenvalue weighted by Crippen LogP contribution is 2.48. The molecule has 1 heterocycles. The summed E-state index contributed by atoms with van der Waals surface area (Å²) in [6, 6.07) is 0. The van der Waals surface area contributed by atoms with Gasteiger partial charge in [-0.3, -0.25) is 0 Å². The number of rotatable bonds is 2. The zero-order valence-corrected chi connectivity index (χ0v) is 12.1. The van der Waals surface area contributed by atoms with Gasteiger partial charge < -0.3 is 15.4 Å². The fourth-order valence-corrected chi connectivity index (χ4v) is 2.90. The molecule has 2 N–H and O–H groups in total. The number of ether oxygens (including phenoxy) is 1. The number of carbonyl (C=O) groups excluding carboxylic acids is 1. The van der Waals surface area contributed by atoms with Crippen molar-refractivity contribution in [3.63, 3.8) is 0 Å². The molecule has 2 aliphatic rings. The molecule has 1 saturated carbocycles. The van der Waals surface area contributed by atoms with Crippen LogP contribution in [0.25, 0.3) is 0 Å². The first kappa shape index (κ1) is 13.7. The van der Waals surface area contributed by atoms with Gasteiger partial charge in [-0.15, -0.1) is 0 Å². The van der Waals surface area contributed by atoms with Gasteiger partial charge in [-0.25, -0.2) is 4.79 Å². The monoisotopic (exact) mass is 254 g/mol. The Morgan fingerprint density at radius 2 is 1.89 bits per heavy atom. The predicted octanol–water partition coefficient (Wildman–Crippen LogP) is 2.58. The lowest BCUT2D eigenvalue weighted by molar-refractivity contribution is 0.0440. The van der Waals surface area contributed by atoms with E-state index in [-0.39, 0.29) is 17.2 Å². The SMILES string of the molecule is CC(C)(C)OC(=O)NC1(C2(C)CCCCN2)CC1. The Labute approximate surface area is 110 Å². The molecule has 0 aromatic rings. The molecule has 2 rings (SSSR count). The van der Waals surface area contributed by atoms with Crippen LogP contribution in [0.2, 0.25) is 0 Å². The van der Waals surface area contributed by atoms with Crippen molar-refractivity contribution >= 4 is 6.09 Å². The van der Waals surface area contributed by atoms with Gasteiger partial charge in [0, 0.05) is 5.54 Å². The Morgan fingerprint density at radius 3 is 2.33 bits per heavy atom. The average Bonchev–Trinajstić information content (AvgIpc) is 2.97. The lowest BCUT2D eigenvalue weighted by atomic mass is 9.81. The van der Waals surface area contributed by atoms with Crippen molar-refractivity contribution < 1.29 is 9.53 Å². The minimum atomic E-state index is -0.430. The van der Waals surface area contributed by atoms with Crippen LogP contribution in [0.15, 0.2) is 0 Å². The highest BCUT2D eigenvalue weighted by molar-refractivity contribution is 5.70. The van der Waals surface area contributed by atoms with Crippen LogP contribution >= 0.6 is 0 Å². The Kier molecular flexibility index (Phi) is 3.34. The average molecular weight is 254 g/mol. The van der Waals surface area contributed by atoms with Crippen molar-refractivity contribution in [3.8, 4) is 0 Å². The van der Waals surface area contributed by atoms with Crippen molar-refractivity contribution in [2.45, 2.75) is 76.5 Å². The maximum Gasteiger partial charge on any atom is 0.408 e. The molecule has 18 heavy (non-hydrogen) atoms. The van der Waals surface area contributed by atoms with E-state index in [9.17, 15) is 4.79 Å². The molecular weight excluding hydrogens is 228 g/mol. The van der Waals surface area contributed by atoms with E-state index in [1.807, 2.05) is 20.8 Å². The first-order chi connectivity index (χ1) is 8.27. The second-order valence-electron chi connectivity index (χ2n) is 6.92. The lowest BCUT2D eigenvalue weighted by Gasteiger charge is -2.42. The molecule has 104 valence electrons. The summed E-state index contributed by atoms with van der Waals surface area (Å²) in [5.41, 5.74) is -0.487. The Morgan fingerprint density at radius 1 is 1.22 bits per heavy atom. The molecule has 1 aliphatic carbocycles. The number of nitrogens with one attached hydrogen (secondary N) is 2. The van der Waals surface area contributed by atoms with Crippen molar-refractivity contribution in [2.75, 3.05) is 6.54 Å². The number of piperidine rings is 1. The van der Waals surface area contributed by atoms with Gasteiger partial charge >= 0.3 is 6.09 Å². The van der Waals surface area contributed by atoms with Crippen molar-refractivity contribution in [3.05, 3.63) is 0 Å². The maximum atomic E-state index is 11.9. The third kappa shape index (κ3) is 2.79. The molecule has 0 radical (unpaired) electrons. The summed E-state index contributed by atoms with van der Waals surface area (Å²) in [6.07, 6.45) is 5.42. The molecular formula is C14H26N2O2. The molecule has 2 fully saturated rings. The number of amides is 1. The lowest BCUT2D eigenvalue weighted by Crippen LogP contribution is -2.63. The summed E-state index contributed by atoms with van der Waals surface area (Å²) in [6.45, 7) is 8.97. The van der Waals surface area contributed by atoms with Crippen LogP contribution in [0, 0.1) is 0 Å². The topological polar surface area (TPSA) is 50.4 Å². The van der Waals surface area contributed by atoms with E-state index in [0.29, 0.717) is 0 Å². The molecule has 1 atom stereocenters. The van der Waals surface area contributed by atoms with E-state index in [1.54, 1.807) is 0 Å². The Balaban J connectivity index is 1.97. The third-order valence-corrected chi connectivity index (χ3v) is 4.17. The first-order valence-electron chi connectivity index (χ1n) is 7.03. The van der Waals surface area contributed by atoms with Crippen LogP contribution in [0.1, 0.15) is 59.8 Å². The van der Waals surface area contributed by atoms with Gasteiger partial charge in [-0.1, -0.05) is 6.42 Å². The fourth-order valence-electron chi connectivity index (χ4n) is 2.90. The van der Waals surface area contributed by atoms with Gasteiger partial charge in [-0.2, -0.15) is 0 Å². The molecule has 0 aromatic heterocycles. The zero-order chi connectivity index (χ0) is 13.4. The van der Waals surface area contributed by atoms with Gasteiger partial charge in [0.2, 0.25) is 0 Å². The first-order valence-corrected chi connectivity index (χ1v) is 7.03. The minimum Gasteiger partial charge on any atom is -0.444 e. The van der Waals surface area contributed by atoms with Gasteiger partial charge in [0.1, 0.15) is 5.60 Å². The van der Waals surface area contributed by atoms with Crippen LogP contribution in [0.4, 0.5) is 4.79 Å². The molecule has 1 unspecified atom stereocenters. The van der Waals surface area contributed by atoms with E-state index in [1.165, 1.54) is 12.8 Å². The van der Waals surface area contributed by atoms with E-state index < -0.39 is 5.60 Å². The number of carbonyl (C=O) groups is 1. The molecule has 1 aliphatic heterocycles. The molecule has 4 heteroatoms. The van der Waals surface area contributed by atoms with E-state index >= 15 is 0 Å².